The van der Waals surface area contributed by atoms with E-state index < -0.39 is 10.0 Å². The van der Waals surface area contributed by atoms with Gasteiger partial charge in [0, 0.05) is 10.6 Å². The van der Waals surface area contributed by atoms with Crippen molar-refractivity contribution >= 4 is 38.4 Å². The molecule has 1 aromatic heterocycles. The standard InChI is InChI=1S/C21H17ClN2O3S/c1-13-3-8-17(9-4-13)28(25,26)24-18-11-15(6-5-14(18)2)21-23-19-12-16(22)7-10-20(19)27-21/h3-12,24H,1-2H3. The van der Waals surface area contributed by atoms with Crippen molar-refractivity contribution in [2.45, 2.75) is 18.7 Å². The molecule has 3 aromatic carbocycles. The van der Waals surface area contributed by atoms with Crippen molar-refractivity contribution in [1.29, 1.82) is 0 Å². The SMILES string of the molecule is Cc1ccc(S(=O)(=O)Nc2cc(-c3nc4cc(Cl)ccc4o3)ccc2C)cc1. The van der Waals surface area contributed by atoms with E-state index in [1.54, 1.807) is 48.5 Å². The number of benzene rings is 3. The second-order valence-electron chi connectivity index (χ2n) is 6.58. The Morgan fingerprint density at radius 1 is 0.964 bits per heavy atom. The zero-order valence-electron chi connectivity index (χ0n) is 15.2. The van der Waals surface area contributed by atoms with E-state index in [0.717, 1.165) is 11.1 Å². The van der Waals surface area contributed by atoms with Crippen molar-refractivity contribution in [2.75, 3.05) is 4.72 Å². The van der Waals surface area contributed by atoms with Gasteiger partial charge in [0.05, 0.1) is 10.6 Å². The number of anilines is 1. The molecular formula is C21H17ClN2O3S. The Morgan fingerprint density at radius 2 is 1.71 bits per heavy atom. The number of oxazole rings is 1. The van der Waals surface area contributed by atoms with Crippen molar-refractivity contribution < 1.29 is 12.8 Å². The first-order valence-electron chi connectivity index (χ1n) is 8.58. The van der Waals surface area contributed by atoms with Gasteiger partial charge in [-0.05, 0) is 61.9 Å². The molecule has 1 heterocycles. The third-order valence-electron chi connectivity index (χ3n) is 4.41. The van der Waals surface area contributed by atoms with Gasteiger partial charge in [0.2, 0.25) is 5.89 Å². The molecule has 0 spiro atoms. The minimum atomic E-state index is -3.70. The molecule has 0 saturated heterocycles. The van der Waals surface area contributed by atoms with Crippen LogP contribution in [0.5, 0.6) is 0 Å². The highest BCUT2D eigenvalue weighted by Gasteiger charge is 2.17. The van der Waals surface area contributed by atoms with Crippen LogP contribution in [0.3, 0.4) is 0 Å². The lowest BCUT2D eigenvalue weighted by molar-refractivity contribution is 0.601. The lowest BCUT2D eigenvalue weighted by Gasteiger charge is -2.12. The van der Waals surface area contributed by atoms with Gasteiger partial charge in [-0.2, -0.15) is 0 Å². The normalized spacial score (nSPS) is 11.7. The van der Waals surface area contributed by atoms with E-state index in [-0.39, 0.29) is 4.90 Å². The maximum absolute atomic E-state index is 12.7. The summed E-state index contributed by atoms with van der Waals surface area (Å²) in [5.74, 6) is 0.396. The Labute approximate surface area is 168 Å². The Morgan fingerprint density at radius 3 is 2.46 bits per heavy atom. The van der Waals surface area contributed by atoms with Gasteiger partial charge in [-0.1, -0.05) is 35.4 Å². The van der Waals surface area contributed by atoms with Gasteiger partial charge in [-0.3, -0.25) is 4.72 Å². The summed E-state index contributed by atoms with van der Waals surface area (Å²) in [6.07, 6.45) is 0. The summed E-state index contributed by atoms with van der Waals surface area (Å²) in [6.45, 7) is 3.74. The fourth-order valence-electron chi connectivity index (χ4n) is 2.81. The molecule has 0 radical (unpaired) electrons. The van der Waals surface area contributed by atoms with Crippen LogP contribution in [-0.2, 0) is 10.0 Å². The summed E-state index contributed by atoms with van der Waals surface area (Å²) in [5.41, 5.74) is 4.18. The molecule has 0 amide bonds. The molecule has 0 aliphatic heterocycles. The second-order valence-corrected chi connectivity index (χ2v) is 8.70. The summed E-state index contributed by atoms with van der Waals surface area (Å²) < 4.78 is 33.9. The lowest BCUT2D eigenvalue weighted by Crippen LogP contribution is -2.13. The minimum Gasteiger partial charge on any atom is -0.436 e. The van der Waals surface area contributed by atoms with E-state index in [1.165, 1.54) is 0 Å². The number of rotatable bonds is 4. The average molecular weight is 413 g/mol. The molecule has 0 fully saturated rings. The molecule has 4 aromatic rings. The number of sulfonamides is 1. The highest BCUT2D eigenvalue weighted by molar-refractivity contribution is 7.92. The molecule has 0 unspecified atom stereocenters. The van der Waals surface area contributed by atoms with E-state index in [2.05, 4.69) is 9.71 Å². The highest BCUT2D eigenvalue weighted by Crippen LogP contribution is 2.30. The maximum Gasteiger partial charge on any atom is 0.261 e. The summed E-state index contributed by atoms with van der Waals surface area (Å²) in [4.78, 5) is 4.66. The van der Waals surface area contributed by atoms with E-state index >= 15 is 0 Å². The topological polar surface area (TPSA) is 72.2 Å². The molecule has 7 heteroatoms. The van der Waals surface area contributed by atoms with Crippen molar-refractivity contribution in [3.63, 3.8) is 0 Å². The fraction of sp³-hybridized carbons (Fsp3) is 0.0952. The zero-order chi connectivity index (χ0) is 19.9. The van der Waals surface area contributed by atoms with E-state index in [4.69, 9.17) is 16.0 Å². The first kappa shape index (κ1) is 18.5. The Balaban J connectivity index is 1.71. The molecule has 0 aliphatic carbocycles. The van der Waals surface area contributed by atoms with E-state index in [0.29, 0.717) is 33.3 Å². The van der Waals surface area contributed by atoms with Gasteiger partial charge in [0.15, 0.2) is 5.58 Å². The predicted octanol–water partition coefficient (Wildman–Crippen LogP) is 5.57. The number of hydrogen-bond acceptors (Lipinski definition) is 4. The largest absolute Gasteiger partial charge is 0.436 e. The molecule has 0 saturated carbocycles. The third-order valence-corrected chi connectivity index (χ3v) is 6.03. The lowest BCUT2D eigenvalue weighted by atomic mass is 10.1. The molecule has 0 aliphatic rings. The van der Waals surface area contributed by atoms with E-state index in [1.807, 2.05) is 26.0 Å². The molecule has 28 heavy (non-hydrogen) atoms. The zero-order valence-corrected chi connectivity index (χ0v) is 16.8. The molecule has 1 N–H and O–H groups in total. The number of halogens is 1. The van der Waals surface area contributed by atoms with Crippen molar-refractivity contribution in [3.05, 3.63) is 76.8 Å². The monoisotopic (exact) mass is 412 g/mol. The van der Waals surface area contributed by atoms with E-state index in [9.17, 15) is 8.42 Å². The number of fused-ring (bicyclic) bond motifs is 1. The molecule has 4 rings (SSSR count). The maximum atomic E-state index is 12.7. The molecule has 0 bridgehead atoms. The van der Waals surface area contributed by atoms with Gasteiger partial charge in [0.25, 0.3) is 10.0 Å². The molecule has 0 atom stereocenters. The number of nitrogens with zero attached hydrogens (tertiary/aromatic N) is 1. The van der Waals surface area contributed by atoms with Gasteiger partial charge < -0.3 is 4.42 Å². The predicted molar refractivity (Wildman–Crippen MR) is 111 cm³/mol. The van der Waals surface area contributed by atoms with Crippen LogP contribution in [0.25, 0.3) is 22.6 Å². The van der Waals surface area contributed by atoms with Crippen molar-refractivity contribution in [1.82, 2.24) is 4.98 Å². The Kier molecular flexibility index (Phi) is 4.61. The van der Waals surface area contributed by atoms with Gasteiger partial charge in [-0.25, -0.2) is 13.4 Å². The van der Waals surface area contributed by atoms with Crippen LogP contribution >= 0.6 is 11.6 Å². The third kappa shape index (κ3) is 3.61. The molecular weight excluding hydrogens is 396 g/mol. The number of aryl methyl sites for hydroxylation is 2. The summed E-state index contributed by atoms with van der Waals surface area (Å²) >= 11 is 6.00. The summed E-state index contributed by atoms with van der Waals surface area (Å²) in [7, 11) is -3.70. The van der Waals surface area contributed by atoms with Crippen LogP contribution < -0.4 is 4.72 Å². The van der Waals surface area contributed by atoms with Crippen LogP contribution in [0, 0.1) is 13.8 Å². The fourth-order valence-corrected chi connectivity index (χ4v) is 4.10. The van der Waals surface area contributed by atoms with Crippen LogP contribution in [-0.4, -0.2) is 13.4 Å². The quantitative estimate of drug-likeness (QED) is 0.475. The van der Waals surface area contributed by atoms with Crippen LogP contribution in [0.4, 0.5) is 5.69 Å². The van der Waals surface area contributed by atoms with Gasteiger partial charge >= 0.3 is 0 Å². The highest BCUT2D eigenvalue weighted by atomic mass is 35.5. The summed E-state index contributed by atoms with van der Waals surface area (Å²) in [6, 6.07) is 17.3. The Bertz CT molecular complexity index is 1280. The Hall–Kier alpha value is -2.83. The first-order chi connectivity index (χ1) is 13.3. The van der Waals surface area contributed by atoms with Gasteiger partial charge in [-0.15, -0.1) is 0 Å². The molecule has 142 valence electrons. The average Bonchev–Trinajstić information content (AvgIpc) is 3.07. The smallest absolute Gasteiger partial charge is 0.261 e. The molecule has 5 nitrogen and oxygen atoms in total. The van der Waals surface area contributed by atoms with Gasteiger partial charge in [0.1, 0.15) is 5.52 Å². The van der Waals surface area contributed by atoms with Crippen molar-refractivity contribution in [2.24, 2.45) is 0 Å². The first-order valence-corrected chi connectivity index (χ1v) is 10.4. The minimum absolute atomic E-state index is 0.208. The van der Waals surface area contributed by atoms with Crippen LogP contribution in [0.15, 0.2) is 70.0 Å². The van der Waals surface area contributed by atoms with Crippen molar-refractivity contribution in [3.8, 4) is 11.5 Å². The number of hydrogen-bond donors (Lipinski definition) is 1. The van der Waals surface area contributed by atoms with Crippen LogP contribution in [0.2, 0.25) is 5.02 Å². The number of nitrogens with one attached hydrogen (secondary N) is 1. The summed E-state index contributed by atoms with van der Waals surface area (Å²) in [5, 5.41) is 0.572. The van der Waals surface area contributed by atoms with Crippen LogP contribution in [0.1, 0.15) is 11.1 Å². The second kappa shape index (κ2) is 6.96. The number of aromatic nitrogens is 1.